The second-order valence-corrected chi connectivity index (χ2v) is 5.15. The summed E-state index contributed by atoms with van der Waals surface area (Å²) in [5, 5.41) is 0. The summed E-state index contributed by atoms with van der Waals surface area (Å²) in [6.07, 6.45) is 6.14. The molecule has 94 valence electrons. The van der Waals surface area contributed by atoms with Crippen molar-refractivity contribution in [2.45, 2.75) is 58.4 Å². The van der Waals surface area contributed by atoms with Crippen LogP contribution >= 0.6 is 0 Å². The lowest BCUT2D eigenvalue weighted by atomic mass is 9.86. The van der Waals surface area contributed by atoms with Gasteiger partial charge in [0, 0.05) is 6.04 Å². The van der Waals surface area contributed by atoms with Gasteiger partial charge in [0.1, 0.15) is 0 Å². The van der Waals surface area contributed by atoms with Crippen molar-refractivity contribution in [1.29, 1.82) is 0 Å². The Morgan fingerprint density at radius 3 is 2.88 bits per heavy atom. The van der Waals surface area contributed by atoms with Crippen molar-refractivity contribution in [2.75, 3.05) is 6.61 Å². The van der Waals surface area contributed by atoms with Crippen molar-refractivity contribution in [3.05, 3.63) is 0 Å². The molecule has 0 aromatic heterocycles. The quantitative estimate of drug-likeness (QED) is 0.734. The Bertz CT molecular complexity index is 218. The normalized spacial score (nSPS) is 27.4. The highest BCUT2D eigenvalue weighted by atomic mass is 16.5. The molecular weight excluding hydrogens is 202 g/mol. The minimum absolute atomic E-state index is 0.0295. The average molecular weight is 227 g/mol. The van der Waals surface area contributed by atoms with Gasteiger partial charge in [-0.25, -0.2) is 0 Å². The van der Waals surface area contributed by atoms with Gasteiger partial charge in [-0.1, -0.05) is 26.7 Å². The SMILES string of the molecule is CCCC(C)COC(=O)C1CCCC(N)C1. The number of hydrogen-bond acceptors (Lipinski definition) is 3. The molecule has 16 heavy (non-hydrogen) atoms. The lowest BCUT2D eigenvalue weighted by molar-refractivity contribution is -0.151. The van der Waals surface area contributed by atoms with Crippen LogP contribution in [0.4, 0.5) is 0 Å². The fraction of sp³-hybridized carbons (Fsp3) is 0.923. The van der Waals surface area contributed by atoms with Crippen LogP contribution in [-0.2, 0) is 9.53 Å². The van der Waals surface area contributed by atoms with Crippen LogP contribution in [0.3, 0.4) is 0 Å². The fourth-order valence-corrected chi connectivity index (χ4v) is 2.36. The summed E-state index contributed by atoms with van der Waals surface area (Å²) in [6, 6.07) is 0.194. The average Bonchev–Trinajstić information content (AvgIpc) is 2.26. The number of ether oxygens (including phenoxy) is 1. The largest absolute Gasteiger partial charge is 0.465 e. The van der Waals surface area contributed by atoms with Crippen LogP contribution in [-0.4, -0.2) is 18.6 Å². The molecule has 1 aliphatic carbocycles. The van der Waals surface area contributed by atoms with Crippen molar-refractivity contribution >= 4 is 5.97 Å². The Morgan fingerprint density at radius 2 is 2.25 bits per heavy atom. The smallest absolute Gasteiger partial charge is 0.308 e. The number of esters is 1. The van der Waals surface area contributed by atoms with E-state index < -0.39 is 0 Å². The Labute approximate surface area is 98.7 Å². The standard InChI is InChI=1S/C13H25NO2/c1-3-5-10(2)9-16-13(15)11-6-4-7-12(14)8-11/h10-12H,3-9,14H2,1-2H3. The van der Waals surface area contributed by atoms with E-state index >= 15 is 0 Å². The molecule has 0 radical (unpaired) electrons. The van der Waals surface area contributed by atoms with Crippen molar-refractivity contribution in [3.63, 3.8) is 0 Å². The first-order valence-electron chi connectivity index (χ1n) is 6.55. The summed E-state index contributed by atoms with van der Waals surface area (Å²) < 4.78 is 5.35. The number of hydrogen-bond donors (Lipinski definition) is 1. The molecule has 0 spiro atoms. The molecule has 2 N–H and O–H groups in total. The molecular formula is C13H25NO2. The summed E-state index contributed by atoms with van der Waals surface area (Å²) >= 11 is 0. The third-order valence-corrected chi connectivity index (χ3v) is 3.34. The molecule has 1 saturated carbocycles. The zero-order chi connectivity index (χ0) is 12.0. The summed E-state index contributed by atoms with van der Waals surface area (Å²) in [5.74, 6) is 0.502. The highest BCUT2D eigenvalue weighted by Crippen LogP contribution is 2.24. The zero-order valence-electron chi connectivity index (χ0n) is 10.6. The molecule has 0 heterocycles. The first kappa shape index (κ1) is 13.5. The van der Waals surface area contributed by atoms with E-state index in [4.69, 9.17) is 10.5 Å². The van der Waals surface area contributed by atoms with Gasteiger partial charge in [0.2, 0.25) is 0 Å². The van der Waals surface area contributed by atoms with Crippen molar-refractivity contribution in [1.82, 2.24) is 0 Å². The Morgan fingerprint density at radius 1 is 1.50 bits per heavy atom. The van der Waals surface area contributed by atoms with Crippen LogP contribution in [0.2, 0.25) is 0 Å². The number of rotatable bonds is 5. The van der Waals surface area contributed by atoms with Crippen LogP contribution in [0, 0.1) is 11.8 Å². The number of carbonyl (C=O) groups excluding carboxylic acids is 1. The van der Waals surface area contributed by atoms with Gasteiger partial charge in [0.25, 0.3) is 0 Å². The lowest BCUT2D eigenvalue weighted by Gasteiger charge is -2.25. The molecule has 0 amide bonds. The van der Waals surface area contributed by atoms with Gasteiger partial charge in [-0.2, -0.15) is 0 Å². The van der Waals surface area contributed by atoms with E-state index in [1.807, 2.05) is 0 Å². The Hall–Kier alpha value is -0.570. The van der Waals surface area contributed by atoms with Crippen LogP contribution < -0.4 is 5.73 Å². The highest BCUT2D eigenvalue weighted by Gasteiger charge is 2.26. The van der Waals surface area contributed by atoms with Gasteiger partial charge in [-0.05, 0) is 31.6 Å². The van der Waals surface area contributed by atoms with Crippen molar-refractivity contribution < 1.29 is 9.53 Å². The van der Waals surface area contributed by atoms with Gasteiger partial charge in [0.05, 0.1) is 12.5 Å². The maximum absolute atomic E-state index is 11.8. The molecule has 0 saturated heterocycles. The minimum Gasteiger partial charge on any atom is -0.465 e. The van der Waals surface area contributed by atoms with E-state index in [1.165, 1.54) is 0 Å². The maximum atomic E-state index is 11.8. The van der Waals surface area contributed by atoms with Gasteiger partial charge < -0.3 is 10.5 Å². The first-order chi connectivity index (χ1) is 7.63. The summed E-state index contributed by atoms with van der Waals surface area (Å²) in [7, 11) is 0. The van der Waals surface area contributed by atoms with E-state index in [0.29, 0.717) is 12.5 Å². The minimum atomic E-state index is -0.0295. The molecule has 0 aliphatic heterocycles. The van der Waals surface area contributed by atoms with E-state index in [9.17, 15) is 4.79 Å². The fourth-order valence-electron chi connectivity index (χ4n) is 2.36. The maximum Gasteiger partial charge on any atom is 0.308 e. The van der Waals surface area contributed by atoms with Gasteiger partial charge >= 0.3 is 5.97 Å². The number of nitrogens with two attached hydrogens (primary N) is 1. The van der Waals surface area contributed by atoms with Gasteiger partial charge in [0.15, 0.2) is 0 Å². The molecule has 3 unspecified atom stereocenters. The van der Waals surface area contributed by atoms with Gasteiger partial charge in [-0.15, -0.1) is 0 Å². The Kier molecular flexibility index (Phi) is 5.81. The third kappa shape index (κ3) is 4.52. The molecule has 3 heteroatoms. The van der Waals surface area contributed by atoms with Crippen LogP contribution in [0.25, 0.3) is 0 Å². The van der Waals surface area contributed by atoms with E-state index in [1.54, 1.807) is 0 Å². The summed E-state index contributed by atoms with van der Waals surface area (Å²) in [5.41, 5.74) is 5.86. The molecule has 0 aromatic rings. The van der Waals surface area contributed by atoms with Crippen LogP contribution in [0.5, 0.6) is 0 Å². The van der Waals surface area contributed by atoms with Crippen molar-refractivity contribution in [2.24, 2.45) is 17.6 Å². The van der Waals surface area contributed by atoms with Crippen LogP contribution in [0.1, 0.15) is 52.4 Å². The first-order valence-corrected chi connectivity index (χ1v) is 6.55. The van der Waals surface area contributed by atoms with E-state index in [2.05, 4.69) is 13.8 Å². The highest BCUT2D eigenvalue weighted by molar-refractivity contribution is 5.72. The molecule has 1 rings (SSSR count). The summed E-state index contributed by atoms with van der Waals surface area (Å²) in [6.45, 7) is 4.85. The topological polar surface area (TPSA) is 52.3 Å². The second kappa shape index (κ2) is 6.89. The summed E-state index contributed by atoms with van der Waals surface area (Å²) in [4.78, 5) is 11.8. The predicted octanol–water partition coefficient (Wildman–Crippen LogP) is 2.48. The zero-order valence-corrected chi connectivity index (χ0v) is 10.6. The van der Waals surface area contributed by atoms with E-state index in [-0.39, 0.29) is 17.9 Å². The van der Waals surface area contributed by atoms with Gasteiger partial charge in [-0.3, -0.25) is 4.79 Å². The molecule has 0 aromatic carbocycles. The molecule has 0 bridgehead atoms. The van der Waals surface area contributed by atoms with Crippen molar-refractivity contribution in [3.8, 4) is 0 Å². The third-order valence-electron chi connectivity index (χ3n) is 3.34. The number of carbonyl (C=O) groups is 1. The molecule has 1 fully saturated rings. The molecule has 3 nitrogen and oxygen atoms in total. The monoisotopic (exact) mass is 227 g/mol. The molecule has 3 atom stereocenters. The lowest BCUT2D eigenvalue weighted by Crippen LogP contribution is -2.32. The van der Waals surface area contributed by atoms with Crippen LogP contribution in [0.15, 0.2) is 0 Å². The van der Waals surface area contributed by atoms with E-state index in [0.717, 1.165) is 38.5 Å². The second-order valence-electron chi connectivity index (χ2n) is 5.15. The molecule has 1 aliphatic rings. The predicted molar refractivity (Wildman–Crippen MR) is 65.0 cm³/mol. The Balaban J connectivity index is 2.23.